The Labute approximate surface area is 199 Å². The van der Waals surface area contributed by atoms with Gasteiger partial charge in [0.2, 0.25) is 0 Å². The molecule has 0 bridgehead atoms. The van der Waals surface area contributed by atoms with Gasteiger partial charge in [0.1, 0.15) is 17.9 Å². The molecule has 2 heterocycles. The summed E-state index contributed by atoms with van der Waals surface area (Å²) < 4.78 is 11.7. The molecule has 0 atom stereocenters. The van der Waals surface area contributed by atoms with Gasteiger partial charge in [0.05, 0.1) is 11.4 Å². The largest absolute Gasteiger partial charge is 0.492 e. The van der Waals surface area contributed by atoms with Crippen LogP contribution in [-0.2, 0) is 0 Å². The van der Waals surface area contributed by atoms with Gasteiger partial charge in [0.25, 0.3) is 5.91 Å². The molecule has 0 radical (unpaired) electrons. The number of anilines is 2. The SMILES string of the molecule is Nc1ccc(-c2ccccc2)cc1NC(=O)c1cc2cc(OCCN3CCCCC3)ccc2o1. The average Bonchev–Trinajstić information content (AvgIpc) is 3.30. The van der Waals surface area contributed by atoms with Crippen molar-refractivity contribution in [1.29, 1.82) is 0 Å². The first-order valence-electron chi connectivity index (χ1n) is 11.8. The van der Waals surface area contributed by atoms with E-state index in [9.17, 15) is 4.79 Å². The number of amides is 1. The van der Waals surface area contributed by atoms with E-state index in [2.05, 4.69) is 10.2 Å². The van der Waals surface area contributed by atoms with E-state index >= 15 is 0 Å². The molecule has 1 amide bonds. The lowest BCUT2D eigenvalue weighted by atomic mass is 10.0. The second-order valence-corrected chi connectivity index (χ2v) is 8.68. The maximum Gasteiger partial charge on any atom is 0.291 e. The summed E-state index contributed by atoms with van der Waals surface area (Å²) in [5, 5.41) is 3.71. The molecule has 5 rings (SSSR count). The summed E-state index contributed by atoms with van der Waals surface area (Å²) in [7, 11) is 0. The Bertz CT molecular complexity index is 1280. The molecule has 0 saturated carbocycles. The number of piperidine rings is 1. The second-order valence-electron chi connectivity index (χ2n) is 8.68. The van der Waals surface area contributed by atoms with Crippen molar-refractivity contribution >= 4 is 28.3 Å². The first-order chi connectivity index (χ1) is 16.7. The van der Waals surface area contributed by atoms with Crippen molar-refractivity contribution in [2.45, 2.75) is 19.3 Å². The average molecular weight is 456 g/mol. The number of carbonyl (C=O) groups is 1. The first kappa shape index (κ1) is 22.0. The maximum atomic E-state index is 12.9. The van der Waals surface area contributed by atoms with Gasteiger partial charge in [-0.15, -0.1) is 0 Å². The highest BCUT2D eigenvalue weighted by Gasteiger charge is 2.15. The number of nitrogen functional groups attached to an aromatic ring is 1. The number of carbonyl (C=O) groups excluding carboxylic acids is 1. The Morgan fingerprint density at radius 1 is 0.941 bits per heavy atom. The minimum absolute atomic E-state index is 0.227. The van der Waals surface area contributed by atoms with Crippen LogP contribution in [-0.4, -0.2) is 37.0 Å². The Balaban J connectivity index is 1.26. The summed E-state index contributed by atoms with van der Waals surface area (Å²) in [4.78, 5) is 15.4. The van der Waals surface area contributed by atoms with Crippen LogP contribution in [0.25, 0.3) is 22.1 Å². The van der Waals surface area contributed by atoms with E-state index in [1.165, 1.54) is 19.3 Å². The van der Waals surface area contributed by atoms with Crippen molar-refractivity contribution in [2.75, 3.05) is 37.3 Å². The van der Waals surface area contributed by atoms with Crippen LogP contribution in [0.4, 0.5) is 11.4 Å². The molecule has 1 fully saturated rings. The van der Waals surface area contributed by atoms with Gasteiger partial charge >= 0.3 is 0 Å². The van der Waals surface area contributed by atoms with Gasteiger partial charge in [0, 0.05) is 11.9 Å². The van der Waals surface area contributed by atoms with E-state index in [1.54, 1.807) is 12.1 Å². The molecule has 0 spiro atoms. The number of rotatable bonds is 7. The molecule has 6 heteroatoms. The van der Waals surface area contributed by atoms with Gasteiger partial charge in [-0.3, -0.25) is 9.69 Å². The lowest BCUT2D eigenvalue weighted by Crippen LogP contribution is -2.33. The van der Waals surface area contributed by atoms with Gasteiger partial charge < -0.3 is 20.2 Å². The van der Waals surface area contributed by atoms with E-state index in [0.717, 1.165) is 41.9 Å². The van der Waals surface area contributed by atoms with Crippen LogP contribution in [0.2, 0.25) is 0 Å². The molecule has 3 N–H and O–H groups in total. The van der Waals surface area contributed by atoms with Crippen molar-refractivity contribution in [2.24, 2.45) is 0 Å². The van der Waals surface area contributed by atoms with Gasteiger partial charge in [0.15, 0.2) is 5.76 Å². The van der Waals surface area contributed by atoms with Crippen molar-refractivity contribution in [3.8, 4) is 16.9 Å². The molecule has 1 aliphatic heterocycles. The molecule has 34 heavy (non-hydrogen) atoms. The second kappa shape index (κ2) is 10.0. The third kappa shape index (κ3) is 5.07. The van der Waals surface area contributed by atoms with E-state index in [0.29, 0.717) is 23.6 Å². The van der Waals surface area contributed by atoms with Gasteiger partial charge in [-0.25, -0.2) is 0 Å². The van der Waals surface area contributed by atoms with Crippen molar-refractivity contribution in [1.82, 2.24) is 4.90 Å². The van der Waals surface area contributed by atoms with Crippen molar-refractivity contribution in [3.05, 3.63) is 78.6 Å². The van der Waals surface area contributed by atoms with Gasteiger partial charge in [-0.05, 0) is 73.5 Å². The third-order valence-electron chi connectivity index (χ3n) is 6.25. The standard InChI is InChI=1S/C28H29N3O3/c29-24-11-9-21(20-7-3-1-4-8-20)18-25(24)30-28(32)27-19-22-17-23(10-12-26(22)34-27)33-16-15-31-13-5-2-6-14-31/h1,3-4,7-12,17-19H,2,5-6,13-16,29H2,(H,30,32). The molecular formula is C28H29N3O3. The number of nitrogens with two attached hydrogens (primary N) is 1. The normalized spacial score (nSPS) is 14.2. The molecular weight excluding hydrogens is 426 g/mol. The first-order valence-corrected chi connectivity index (χ1v) is 11.8. The summed E-state index contributed by atoms with van der Waals surface area (Å²) >= 11 is 0. The van der Waals surface area contributed by atoms with Crippen LogP contribution in [0, 0.1) is 0 Å². The molecule has 174 valence electrons. The zero-order chi connectivity index (χ0) is 23.3. The van der Waals surface area contributed by atoms with Crippen LogP contribution in [0.3, 0.4) is 0 Å². The summed E-state index contributed by atoms with van der Waals surface area (Å²) in [6.07, 6.45) is 3.87. The van der Waals surface area contributed by atoms with Crippen molar-refractivity contribution in [3.63, 3.8) is 0 Å². The van der Waals surface area contributed by atoms with Crippen LogP contribution in [0.15, 0.2) is 77.2 Å². The molecule has 0 aliphatic carbocycles. The van der Waals surface area contributed by atoms with E-state index < -0.39 is 0 Å². The molecule has 3 aromatic carbocycles. The Morgan fingerprint density at radius 3 is 2.59 bits per heavy atom. The highest BCUT2D eigenvalue weighted by Crippen LogP contribution is 2.29. The Kier molecular flexibility index (Phi) is 6.49. The summed E-state index contributed by atoms with van der Waals surface area (Å²) in [6, 6.07) is 22.9. The number of fused-ring (bicyclic) bond motifs is 1. The number of furan rings is 1. The van der Waals surface area contributed by atoms with E-state index in [4.69, 9.17) is 14.9 Å². The quantitative estimate of drug-likeness (QED) is 0.344. The van der Waals surface area contributed by atoms with Crippen LogP contribution >= 0.6 is 0 Å². The van der Waals surface area contributed by atoms with Crippen LogP contribution in [0.5, 0.6) is 5.75 Å². The number of nitrogens with one attached hydrogen (secondary N) is 1. The summed E-state index contributed by atoms with van der Waals surface area (Å²) in [5.74, 6) is 0.655. The zero-order valence-corrected chi connectivity index (χ0v) is 19.1. The molecule has 1 saturated heterocycles. The number of likely N-dealkylation sites (tertiary alicyclic amines) is 1. The van der Waals surface area contributed by atoms with Crippen LogP contribution in [0.1, 0.15) is 29.8 Å². The molecule has 1 aromatic heterocycles. The lowest BCUT2D eigenvalue weighted by molar-refractivity contribution is 0.0999. The Hall–Kier alpha value is -3.77. The molecule has 1 aliphatic rings. The fourth-order valence-corrected chi connectivity index (χ4v) is 4.36. The fourth-order valence-electron chi connectivity index (χ4n) is 4.36. The van der Waals surface area contributed by atoms with E-state index in [-0.39, 0.29) is 11.7 Å². The van der Waals surface area contributed by atoms with Crippen molar-refractivity contribution < 1.29 is 13.9 Å². The molecule has 6 nitrogen and oxygen atoms in total. The number of benzene rings is 3. The topological polar surface area (TPSA) is 80.7 Å². The van der Waals surface area contributed by atoms with Gasteiger partial charge in [-0.2, -0.15) is 0 Å². The van der Waals surface area contributed by atoms with Gasteiger partial charge in [-0.1, -0.05) is 42.8 Å². The summed E-state index contributed by atoms with van der Waals surface area (Å²) in [5.41, 5.74) is 9.83. The number of ether oxygens (including phenoxy) is 1. The van der Waals surface area contributed by atoms with Crippen LogP contribution < -0.4 is 15.8 Å². The smallest absolute Gasteiger partial charge is 0.291 e. The predicted molar refractivity (Wildman–Crippen MR) is 136 cm³/mol. The maximum absolute atomic E-state index is 12.9. The molecule has 4 aromatic rings. The minimum atomic E-state index is -0.347. The zero-order valence-electron chi connectivity index (χ0n) is 19.1. The number of hydrogen-bond donors (Lipinski definition) is 2. The molecule has 0 unspecified atom stereocenters. The van der Waals surface area contributed by atoms with E-state index in [1.807, 2.05) is 60.7 Å². The fraction of sp³-hybridized carbons (Fsp3) is 0.250. The minimum Gasteiger partial charge on any atom is -0.492 e. The summed E-state index contributed by atoms with van der Waals surface area (Å²) in [6.45, 7) is 3.89. The number of hydrogen-bond acceptors (Lipinski definition) is 5. The highest BCUT2D eigenvalue weighted by atomic mass is 16.5. The Morgan fingerprint density at radius 2 is 1.76 bits per heavy atom. The third-order valence-corrected chi connectivity index (χ3v) is 6.25. The number of nitrogens with zero attached hydrogens (tertiary/aromatic N) is 1. The highest BCUT2D eigenvalue weighted by molar-refractivity contribution is 6.06. The predicted octanol–water partition coefficient (Wildman–Crippen LogP) is 5.80. The lowest BCUT2D eigenvalue weighted by Gasteiger charge is -2.26. The monoisotopic (exact) mass is 455 g/mol.